The zero-order valence-electron chi connectivity index (χ0n) is 15.1. The van der Waals surface area contributed by atoms with Gasteiger partial charge in [-0.25, -0.2) is 0 Å². The van der Waals surface area contributed by atoms with Gasteiger partial charge in [0.25, 0.3) is 5.69 Å². The molecule has 3 aromatic rings. The molecule has 3 rings (SSSR count). The van der Waals surface area contributed by atoms with E-state index >= 15 is 0 Å². The molecule has 146 valence electrons. The zero-order chi connectivity index (χ0) is 21.0. The molecule has 0 amide bonds. The summed E-state index contributed by atoms with van der Waals surface area (Å²) in [5, 5.41) is 22.2. The van der Waals surface area contributed by atoms with Crippen molar-refractivity contribution in [1.82, 2.24) is 0 Å². The number of rotatable bonds is 6. The third-order valence-corrected chi connectivity index (χ3v) is 4.42. The van der Waals surface area contributed by atoms with Crippen LogP contribution >= 0.6 is 15.9 Å². The van der Waals surface area contributed by atoms with Gasteiger partial charge in [0.15, 0.2) is 0 Å². The van der Waals surface area contributed by atoms with Crippen LogP contribution in [0.25, 0.3) is 0 Å². The molecule has 0 bridgehead atoms. The molecule has 0 fully saturated rings. The van der Waals surface area contributed by atoms with Gasteiger partial charge in [0.2, 0.25) is 5.75 Å². The summed E-state index contributed by atoms with van der Waals surface area (Å²) in [7, 11) is 0. The van der Waals surface area contributed by atoms with E-state index in [-0.39, 0.29) is 11.4 Å². The molecule has 0 saturated heterocycles. The van der Waals surface area contributed by atoms with Gasteiger partial charge in [-0.2, -0.15) is 0 Å². The number of benzene rings is 3. The fourth-order valence-electron chi connectivity index (χ4n) is 2.45. The predicted octanol–water partition coefficient (Wildman–Crippen LogP) is 6.12. The third kappa shape index (κ3) is 5.02. The number of halogens is 1. The van der Waals surface area contributed by atoms with Gasteiger partial charge in [-0.05, 0) is 43.3 Å². The van der Waals surface area contributed by atoms with Crippen LogP contribution in [0.4, 0.5) is 17.1 Å². The van der Waals surface area contributed by atoms with E-state index in [1.165, 1.54) is 6.07 Å². The topological polar surface area (TPSA) is 108 Å². The molecule has 0 unspecified atom stereocenters. The van der Waals surface area contributed by atoms with E-state index in [1.54, 1.807) is 24.4 Å². The fraction of sp³-hybridized carbons (Fsp3) is 0.0500. The number of aliphatic imine (C=N–C) groups is 1. The van der Waals surface area contributed by atoms with E-state index in [0.29, 0.717) is 11.3 Å². The molecule has 0 aliphatic rings. The molecule has 3 aromatic carbocycles. The molecule has 0 spiro atoms. The summed E-state index contributed by atoms with van der Waals surface area (Å²) in [6.07, 6.45) is 1.59. The second kappa shape index (κ2) is 8.61. The maximum absolute atomic E-state index is 11.3. The van der Waals surface area contributed by atoms with Crippen molar-refractivity contribution in [2.45, 2.75) is 6.92 Å². The summed E-state index contributed by atoms with van der Waals surface area (Å²) >= 11 is 3.38. The molecule has 0 saturated carbocycles. The highest BCUT2D eigenvalue weighted by Crippen LogP contribution is 2.36. The van der Waals surface area contributed by atoms with Crippen LogP contribution in [0.1, 0.15) is 11.1 Å². The normalized spacial score (nSPS) is 10.8. The van der Waals surface area contributed by atoms with Crippen molar-refractivity contribution < 1.29 is 14.6 Å². The van der Waals surface area contributed by atoms with Crippen LogP contribution in [0.2, 0.25) is 0 Å². The smallest absolute Gasteiger partial charge is 0.318 e. The van der Waals surface area contributed by atoms with Crippen molar-refractivity contribution in [2.75, 3.05) is 0 Å². The van der Waals surface area contributed by atoms with Crippen LogP contribution in [-0.2, 0) is 0 Å². The van der Waals surface area contributed by atoms with Crippen LogP contribution in [0.3, 0.4) is 0 Å². The van der Waals surface area contributed by atoms with E-state index < -0.39 is 15.5 Å². The summed E-state index contributed by atoms with van der Waals surface area (Å²) < 4.78 is 6.49. The first-order valence-electron chi connectivity index (χ1n) is 8.34. The summed E-state index contributed by atoms with van der Waals surface area (Å²) in [5.74, 6) is 0.217. The first kappa shape index (κ1) is 20.2. The number of nitrogens with zero attached hydrogens (tertiary/aromatic N) is 3. The Labute approximate surface area is 173 Å². The molecule has 0 heterocycles. The lowest BCUT2D eigenvalue weighted by Crippen LogP contribution is -1.97. The van der Waals surface area contributed by atoms with Gasteiger partial charge in [-0.15, -0.1) is 0 Å². The van der Waals surface area contributed by atoms with Gasteiger partial charge in [-0.3, -0.25) is 25.2 Å². The number of non-ortho nitro benzene ring substituents is 1. The van der Waals surface area contributed by atoms with Gasteiger partial charge < -0.3 is 4.74 Å². The molecule has 0 radical (unpaired) electrons. The Morgan fingerprint density at radius 2 is 1.62 bits per heavy atom. The Morgan fingerprint density at radius 3 is 2.28 bits per heavy atom. The minimum Gasteiger partial charge on any atom is -0.449 e. The van der Waals surface area contributed by atoms with E-state index in [9.17, 15) is 20.2 Å². The quantitative estimate of drug-likeness (QED) is 0.252. The van der Waals surface area contributed by atoms with Crippen molar-refractivity contribution in [1.29, 1.82) is 0 Å². The maximum Gasteiger partial charge on any atom is 0.318 e. The molecule has 8 nitrogen and oxygen atoms in total. The third-order valence-electron chi connectivity index (χ3n) is 3.93. The lowest BCUT2D eigenvalue weighted by atomic mass is 10.2. The minimum absolute atomic E-state index is 0.104. The zero-order valence-corrected chi connectivity index (χ0v) is 16.7. The highest BCUT2D eigenvalue weighted by molar-refractivity contribution is 9.10. The number of aryl methyl sites for hydroxylation is 1. The Bertz CT molecular complexity index is 1110. The van der Waals surface area contributed by atoms with E-state index in [0.717, 1.165) is 27.9 Å². The Balaban J connectivity index is 1.97. The van der Waals surface area contributed by atoms with Crippen molar-refractivity contribution >= 4 is 39.2 Å². The SMILES string of the molecule is Cc1ccc(N=Cc2cc(Br)ccc2Oc2ccc([N+](=O)[O-])cc2[N+](=O)[O-])cc1. The van der Waals surface area contributed by atoms with Crippen LogP contribution < -0.4 is 4.74 Å². The first-order chi connectivity index (χ1) is 13.8. The number of ether oxygens (including phenoxy) is 1. The molecular weight excluding hydrogens is 442 g/mol. The second-order valence-corrected chi connectivity index (χ2v) is 6.96. The van der Waals surface area contributed by atoms with Crippen LogP contribution in [0.15, 0.2) is 70.1 Å². The van der Waals surface area contributed by atoms with Crippen molar-refractivity contribution in [3.63, 3.8) is 0 Å². The van der Waals surface area contributed by atoms with Crippen molar-refractivity contribution in [2.24, 2.45) is 4.99 Å². The van der Waals surface area contributed by atoms with Gasteiger partial charge in [0, 0.05) is 22.3 Å². The molecular formula is C20H14BrN3O5. The molecule has 0 aromatic heterocycles. The molecule has 29 heavy (non-hydrogen) atoms. The monoisotopic (exact) mass is 455 g/mol. The van der Waals surface area contributed by atoms with Crippen molar-refractivity contribution in [3.8, 4) is 11.5 Å². The lowest BCUT2D eigenvalue weighted by molar-refractivity contribution is -0.394. The average Bonchev–Trinajstić information content (AvgIpc) is 2.69. The van der Waals surface area contributed by atoms with Gasteiger partial charge in [0.1, 0.15) is 5.75 Å². The number of nitro benzene ring substituents is 2. The molecule has 0 aliphatic heterocycles. The highest BCUT2D eigenvalue weighted by Gasteiger charge is 2.21. The Hall–Kier alpha value is -3.59. The average molecular weight is 456 g/mol. The largest absolute Gasteiger partial charge is 0.449 e. The van der Waals surface area contributed by atoms with Gasteiger partial charge in [-0.1, -0.05) is 33.6 Å². The van der Waals surface area contributed by atoms with E-state index in [2.05, 4.69) is 20.9 Å². The molecule has 0 aliphatic carbocycles. The Kier molecular flexibility index (Phi) is 5.99. The maximum atomic E-state index is 11.3. The summed E-state index contributed by atoms with van der Waals surface area (Å²) in [4.78, 5) is 25.2. The highest BCUT2D eigenvalue weighted by atomic mass is 79.9. The predicted molar refractivity (Wildman–Crippen MR) is 112 cm³/mol. The summed E-state index contributed by atoms with van der Waals surface area (Å²) in [6, 6.07) is 15.9. The number of nitro groups is 2. The standard InChI is InChI=1S/C20H14BrN3O5/c1-13-2-5-16(6-3-13)22-12-14-10-15(21)4-8-19(14)29-20-9-7-17(23(25)26)11-18(20)24(27)28/h2-12H,1H3. The lowest BCUT2D eigenvalue weighted by Gasteiger charge is -2.09. The van der Waals surface area contributed by atoms with Gasteiger partial charge >= 0.3 is 5.69 Å². The Morgan fingerprint density at radius 1 is 0.931 bits per heavy atom. The van der Waals surface area contributed by atoms with Crippen LogP contribution in [-0.4, -0.2) is 16.1 Å². The summed E-state index contributed by atoms with van der Waals surface area (Å²) in [6.45, 7) is 1.98. The minimum atomic E-state index is -0.721. The fourth-order valence-corrected chi connectivity index (χ4v) is 2.83. The molecule has 0 N–H and O–H groups in total. The van der Waals surface area contributed by atoms with Gasteiger partial charge in [0.05, 0.1) is 21.6 Å². The number of hydrogen-bond acceptors (Lipinski definition) is 6. The van der Waals surface area contributed by atoms with Crippen LogP contribution in [0, 0.1) is 27.2 Å². The first-order valence-corrected chi connectivity index (χ1v) is 9.14. The van der Waals surface area contributed by atoms with Crippen molar-refractivity contribution in [3.05, 3.63) is 96.5 Å². The molecule has 9 heteroatoms. The second-order valence-electron chi connectivity index (χ2n) is 6.04. The molecule has 0 atom stereocenters. The summed E-state index contributed by atoms with van der Waals surface area (Å²) in [5.41, 5.74) is 1.54. The van der Waals surface area contributed by atoms with E-state index in [4.69, 9.17) is 4.74 Å². The van der Waals surface area contributed by atoms with E-state index in [1.807, 2.05) is 31.2 Å². The van der Waals surface area contributed by atoms with Crippen LogP contribution in [0.5, 0.6) is 11.5 Å². The number of hydrogen-bond donors (Lipinski definition) is 0.